The van der Waals surface area contributed by atoms with Crippen molar-refractivity contribution < 1.29 is 14.7 Å². The molecule has 0 fully saturated rings. The van der Waals surface area contributed by atoms with Gasteiger partial charge in [0.1, 0.15) is 5.75 Å². The maximum Gasteiger partial charge on any atom is 0.284 e. The molecule has 0 aliphatic heterocycles. The molecule has 76 valence electrons. The predicted molar refractivity (Wildman–Crippen MR) is 51.2 cm³/mol. The number of amides is 1. The van der Waals surface area contributed by atoms with Gasteiger partial charge in [0.05, 0.1) is 0 Å². The molecule has 0 saturated heterocycles. The summed E-state index contributed by atoms with van der Waals surface area (Å²) in [7, 11) is 0. The Kier molecular flexibility index (Phi) is 3.48. The first-order valence-electron chi connectivity index (χ1n) is 4.30. The predicted octanol–water partition coefficient (Wildman–Crippen LogP) is 1.27. The number of carbonyl (C=O) groups excluding carboxylic acids is 1. The Morgan fingerprint density at radius 2 is 2.00 bits per heavy atom. The van der Waals surface area contributed by atoms with Crippen molar-refractivity contribution in [2.24, 2.45) is 0 Å². The van der Waals surface area contributed by atoms with E-state index in [1.165, 1.54) is 5.48 Å². The molecule has 0 spiro atoms. The summed E-state index contributed by atoms with van der Waals surface area (Å²) < 4.78 is 5.25. The van der Waals surface area contributed by atoms with Crippen LogP contribution in [0.5, 0.6) is 5.75 Å². The van der Waals surface area contributed by atoms with E-state index in [0.29, 0.717) is 5.75 Å². The molecule has 1 aromatic rings. The van der Waals surface area contributed by atoms with Gasteiger partial charge >= 0.3 is 0 Å². The first-order valence-corrected chi connectivity index (χ1v) is 4.30. The van der Waals surface area contributed by atoms with E-state index in [0.717, 1.165) is 5.56 Å². The minimum atomic E-state index is -0.706. The molecule has 4 nitrogen and oxygen atoms in total. The molecule has 0 aromatic heterocycles. The zero-order valence-electron chi connectivity index (χ0n) is 8.15. The number of benzene rings is 1. The van der Waals surface area contributed by atoms with Crippen LogP contribution in [0.2, 0.25) is 0 Å². The quantitative estimate of drug-likeness (QED) is 0.564. The molecule has 1 amide bonds. The first kappa shape index (κ1) is 10.5. The fraction of sp³-hybridized carbons (Fsp3) is 0.300. The van der Waals surface area contributed by atoms with E-state index in [2.05, 4.69) is 0 Å². The number of nitrogens with one attached hydrogen (secondary N) is 1. The molecule has 2 N–H and O–H groups in total. The van der Waals surface area contributed by atoms with Crippen molar-refractivity contribution >= 4 is 5.91 Å². The van der Waals surface area contributed by atoms with Gasteiger partial charge in [-0.25, -0.2) is 5.48 Å². The maximum absolute atomic E-state index is 10.9. The van der Waals surface area contributed by atoms with Crippen LogP contribution >= 0.6 is 0 Å². The smallest absolute Gasteiger partial charge is 0.284 e. The molecular formula is C10H13NO3. The molecule has 0 aliphatic carbocycles. The van der Waals surface area contributed by atoms with E-state index >= 15 is 0 Å². The molecule has 4 heteroatoms. The second kappa shape index (κ2) is 4.62. The molecule has 14 heavy (non-hydrogen) atoms. The van der Waals surface area contributed by atoms with Crippen LogP contribution in [0.15, 0.2) is 24.3 Å². The number of ether oxygens (including phenoxy) is 1. The number of hydrogen-bond acceptors (Lipinski definition) is 3. The number of hydrogen-bond donors (Lipinski definition) is 2. The topological polar surface area (TPSA) is 58.6 Å². The van der Waals surface area contributed by atoms with Crippen molar-refractivity contribution in [1.29, 1.82) is 0 Å². The van der Waals surface area contributed by atoms with Gasteiger partial charge < -0.3 is 4.74 Å². The number of rotatable bonds is 3. The van der Waals surface area contributed by atoms with Gasteiger partial charge in [0.25, 0.3) is 5.91 Å². The van der Waals surface area contributed by atoms with Crippen molar-refractivity contribution in [1.82, 2.24) is 5.48 Å². The Morgan fingerprint density at radius 3 is 2.50 bits per heavy atom. The maximum atomic E-state index is 10.9. The van der Waals surface area contributed by atoms with Crippen LogP contribution < -0.4 is 10.2 Å². The fourth-order valence-corrected chi connectivity index (χ4v) is 0.965. The second-order valence-electron chi connectivity index (χ2n) is 3.05. The average Bonchev–Trinajstić information content (AvgIpc) is 2.20. The summed E-state index contributed by atoms with van der Waals surface area (Å²) in [6.07, 6.45) is -0.706. The van der Waals surface area contributed by atoms with E-state index in [1.807, 2.05) is 19.1 Å². The molecule has 0 radical (unpaired) electrons. The molecule has 1 rings (SSSR count). The van der Waals surface area contributed by atoms with Gasteiger partial charge in [-0.3, -0.25) is 10.0 Å². The summed E-state index contributed by atoms with van der Waals surface area (Å²) in [5.74, 6) is 0.0391. The van der Waals surface area contributed by atoms with Crippen LogP contribution in [0, 0.1) is 6.92 Å². The summed E-state index contributed by atoms with van der Waals surface area (Å²) >= 11 is 0. The van der Waals surface area contributed by atoms with Gasteiger partial charge in [-0.05, 0) is 26.0 Å². The molecule has 0 saturated carbocycles. The Bertz CT molecular complexity index is 308. The van der Waals surface area contributed by atoms with Gasteiger partial charge in [0.2, 0.25) is 0 Å². The SMILES string of the molecule is Cc1ccc(OC(C)C(=O)NO)cc1. The highest BCUT2D eigenvalue weighted by atomic mass is 16.5. The van der Waals surface area contributed by atoms with Gasteiger partial charge in [0.15, 0.2) is 6.10 Å². The highest BCUT2D eigenvalue weighted by Gasteiger charge is 2.12. The van der Waals surface area contributed by atoms with E-state index in [4.69, 9.17) is 9.94 Å². The first-order chi connectivity index (χ1) is 6.63. The van der Waals surface area contributed by atoms with Gasteiger partial charge in [0, 0.05) is 0 Å². The van der Waals surface area contributed by atoms with Gasteiger partial charge in [-0.15, -0.1) is 0 Å². The van der Waals surface area contributed by atoms with Crippen LogP contribution in [0.3, 0.4) is 0 Å². The number of hydroxylamine groups is 1. The minimum absolute atomic E-state index is 0.564. The largest absolute Gasteiger partial charge is 0.481 e. The summed E-state index contributed by atoms with van der Waals surface area (Å²) in [5, 5.41) is 8.35. The zero-order chi connectivity index (χ0) is 10.6. The third-order valence-corrected chi connectivity index (χ3v) is 1.81. The summed E-state index contributed by atoms with van der Waals surface area (Å²) in [5.41, 5.74) is 2.65. The minimum Gasteiger partial charge on any atom is -0.481 e. The molecule has 0 heterocycles. The summed E-state index contributed by atoms with van der Waals surface area (Å²) in [6.45, 7) is 3.53. The van der Waals surface area contributed by atoms with E-state index in [-0.39, 0.29) is 0 Å². The lowest BCUT2D eigenvalue weighted by Gasteiger charge is -2.12. The van der Waals surface area contributed by atoms with Crippen LogP contribution in [-0.2, 0) is 4.79 Å². The fourth-order valence-electron chi connectivity index (χ4n) is 0.965. The normalized spacial score (nSPS) is 11.9. The zero-order valence-corrected chi connectivity index (χ0v) is 8.15. The van der Waals surface area contributed by atoms with Crippen LogP contribution in [0.25, 0.3) is 0 Å². The van der Waals surface area contributed by atoms with Gasteiger partial charge in [-0.2, -0.15) is 0 Å². The van der Waals surface area contributed by atoms with Crippen molar-refractivity contribution in [3.05, 3.63) is 29.8 Å². The van der Waals surface area contributed by atoms with E-state index in [9.17, 15) is 4.79 Å². The molecular weight excluding hydrogens is 182 g/mol. The lowest BCUT2D eigenvalue weighted by molar-refractivity contribution is -0.135. The third-order valence-electron chi connectivity index (χ3n) is 1.81. The highest BCUT2D eigenvalue weighted by Crippen LogP contribution is 2.13. The van der Waals surface area contributed by atoms with Crippen molar-refractivity contribution in [2.45, 2.75) is 20.0 Å². The molecule has 0 aliphatic rings. The van der Waals surface area contributed by atoms with Crippen LogP contribution in [-0.4, -0.2) is 17.2 Å². The van der Waals surface area contributed by atoms with Crippen molar-refractivity contribution in [2.75, 3.05) is 0 Å². The Morgan fingerprint density at radius 1 is 1.43 bits per heavy atom. The second-order valence-corrected chi connectivity index (χ2v) is 3.05. The van der Waals surface area contributed by atoms with E-state index in [1.54, 1.807) is 19.1 Å². The average molecular weight is 195 g/mol. The van der Waals surface area contributed by atoms with Crippen LogP contribution in [0.4, 0.5) is 0 Å². The molecule has 1 unspecified atom stereocenters. The Labute approximate surface area is 82.5 Å². The lowest BCUT2D eigenvalue weighted by atomic mass is 10.2. The van der Waals surface area contributed by atoms with Gasteiger partial charge in [-0.1, -0.05) is 17.7 Å². The van der Waals surface area contributed by atoms with E-state index < -0.39 is 12.0 Å². The standard InChI is InChI=1S/C10H13NO3/c1-7-3-5-9(6-4-7)14-8(2)10(12)11-13/h3-6,8,13H,1-2H3,(H,11,12). The summed E-state index contributed by atoms with van der Waals surface area (Å²) in [4.78, 5) is 10.9. The molecule has 1 aromatic carbocycles. The number of carbonyl (C=O) groups is 1. The third kappa shape index (κ3) is 2.74. The molecule has 1 atom stereocenters. The monoisotopic (exact) mass is 195 g/mol. The van der Waals surface area contributed by atoms with Crippen molar-refractivity contribution in [3.63, 3.8) is 0 Å². The Balaban J connectivity index is 2.60. The summed E-state index contributed by atoms with van der Waals surface area (Å²) in [6, 6.07) is 7.32. The highest BCUT2D eigenvalue weighted by molar-refractivity contribution is 5.79. The number of aryl methyl sites for hydroxylation is 1. The Hall–Kier alpha value is -1.55. The van der Waals surface area contributed by atoms with Crippen molar-refractivity contribution in [3.8, 4) is 5.75 Å². The van der Waals surface area contributed by atoms with Crippen LogP contribution in [0.1, 0.15) is 12.5 Å². The lowest BCUT2D eigenvalue weighted by Crippen LogP contribution is -2.34. The molecule has 0 bridgehead atoms.